The van der Waals surface area contributed by atoms with Gasteiger partial charge in [0.15, 0.2) is 5.96 Å². The maximum absolute atomic E-state index is 11.7. The van der Waals surface area contributed by atoms with E-state index in [9.17, 15) is 4.79 Å². The van der Waals surface area contributed by atoms with Crippen LogP contribution in [0.3, 0.4) is 0 Å². The third-order valence-electron chi connectivity index (χ3n) is 3.82. The average Bonchev–Trinajstić information content (AvgIpc) is 2.73. The number of hydrogen-bond donors (Lipinski definition) is 3. The molecule has 3 N–H and O–H groups in total. The van der Waals surface area contributed by atoms with E-state index >= 15 is 0 Å². The fraction of sp³-hybridized carbons (Fsp3) is 0.300. The highest BCUT2D eigenvalue weighted by Crippen LogP contribution is 2.16. The fourth-order valence-corrected chi connectivity index (χ4v) is 2.38. The first-order chi connectivity index (χ1) is 13.2. The van der Waals surface area contributed by atoms with E-state index in [0.717, 1.165) is 17.1 Å². The SMILES string of the molecule is CN=C(NCCOc1ccc(OC)cc1)NCc1cccc(C(=O)NC)c1. The highest BCUT2D eigenvalue weighted by molar-refractivity contribution is 5.94. The molecule has 144 valence electrons. The van der Waals surface area contributed by atoms with Crippen LogP contribution >= 0.6 is 0 Å². The predicted molar refractivity (Wildman–Crippen MR) is 107 cm³/mol. The van der Waals surface area contributed by atoms with E-state index in [2.05, 4.69) is 20.9 Å². The number of aliphatic imine (C=N–C) groups is 1. The van der Waals surface area contributed by atoms with Gasteiger partial charge in [-0.2, -0.15) is 0 Å². The van der Waals surface area contributed by atoms with Gasteiger partial charge < -0.3 is 25.4 Å². The largest absolute Gasteiger partial charge is 0.497 e. The lowest BCUT2D eigenvalue weighted by Gasteiger charge is -2.13. The summed E-state index contributed by atoms with van der Waals surface area (Å²) in [6.07, 6.45) is 0. The smallest absolute Gasteiger partial charge is 0.251 e. The van der Waals surface area contributed by atoms with Crippen molar-refractivity contribution in [2.75, 3.05) is 34.4 Å². The molecule has 2 aromatic rings. The first-order valence-electron chi connectivity index (χ1n) is 8.68. The van der Waals surface area contributed by atoms with Crippen LogP contribution < -0.4 is 25.4 Å². The number of guanidine groups is 1. The maximum atomic E-state index is 11.7. The lowest BCUT2D eigenvalue weighted by Crippen LogP contribution is -2.38. The van der Waals surface area contributed by atoms with Crippen LogP contribution in [-0.2, 0) is 6.54 Å². The first-order valence-corrected chi connectivity index (χ1v) is 8.68. The Morgan fingerprint density at radius 3 is 2.48 bits per heavy atom. The van der Waals surface area contributed by atoms with Gasteiger partial charge in [0.2, 0.25) is 0 Å². The number of methoxy groups -OCH3 is 1. The molecule has 0 bridgehead atoms. The van der Waals surface area contributed by atoms with Gasteiger partial charge in [-0.3, -0.25) is 9.79 Å². The molecule has 0 aromatic heterocycles. The summed E-state index contributed by atoms with van der Waals surface area (Å²) in [6.45, 7) is 1.66. The van der Waals surface area contributed by atoms with Crippen molar-refractivity contribution in [3.63, 3.8) is 0 Å². The van der Waals surface area contributed by atoms with Crippen LogP contribution in [0.25, 0.3) is 0 Å². The maximum Gasteiger partial charge on any atom is 0.251 e. The molecule has 27 heavy (non-hydrogen) atoms. The number of rotatable bonds is 8. The molecule has 0 saturated carbocycles. The molecule has 0 saturated heterocycles. The van der Waals surface area contributed by atoms with Crippen LogP contribution in [0, 0.1) is 0 Å². The Morgan fingerprint density at radius 2 is 1.81 bits per heavy atom. The first kappa shape index (κ1) is 20.1. The Labute approximate surface area is 159 Å². The van der Waals surface area contributed by atoms with E-state index in [4.69, 9.17) is 9.47 Å². The van der Waals surface area contributed by atoms with Crippen LogP contribution in [0.1, 0.15) is 15.9 Å². The summed E-state index contributed by atoms with van der Waals surface area (Å²) < 4.78 is 10.8. The molecule has 1 amide bonds. The fourth-order valence-electron chi connectivity index (χ4n) is 2.38. The van der Waals surface area contributed by atoms with Crippen LogP contribution in [0.15, 0.2) is 53.5 Å². The van der Waals surface area contributed by atoms with Gasteiger partial charge >= 0.3 is 0 Å². The van der Waals surface area contributed by atoms with Crippen molar-refractivity contribution in [1.29, 1.82) is 0 Å². The summed E-state index contributed by atoms with van der Waals surface area (Å²) in [6, 6.07) is 14.9. The zero-order valence-corrected chi connectivity index (χ0v) is 15.9. The zero-order valence-electron chi connectivity index (χ0n) is 15.9. The van der Waals surface area contributed by atoms with Crippen LogP contribution in [0.5, 0.6) is 11.5 Å². The lowest BCUT2D eigenvalue weighted by molar-refractivity contribution is 0.0963. The molecular weight excluding hydrogens is 344 g/mol. The van der Waals surface area contributed by atoms with Crippen molar-refractivity contribution in [3.05, 3.63) is 59.7 Å². The number of nitrogens with one attached hydrogen (secondary N) is 3. The molecule has 7 nitrogen and oxygen atoms in total. The van der Waals surface area contributed by atoms with Crippen molar-refractivity contribution in [3.8, 4) is 11.5 Å². The molecule has 0 aliphatic rings. The molecule has 2 aromatic carbocycles. The second kappa shape index (κ2) is 10.7. The Bertz CT molecular complexity index is 760. The molecule has 2 rings (SSSR count). The van der Waals surface area contributed by atoms with Gasteiger partial charge in [0.1, 0.15) is 18.1 Å². The number of nitrogens with zero attached hydrogens (tertiary/aromatic N) is 1. The molecule has 0 aliphatic heterocycles. The molecule has 0 fully saturated rings. The third-order valence-corrected chi connectivity index (χ3v) is 3.82. The summed E-state index contributed by atoms with van der Waals surface area (Å²) in [4.78, 5) is 15.9. The predicted octanol–water partition coefficient (Wildman–Crippen LogP) is 1.80. The number of amides is 1. The number of ether oxygens (including phenoxy) is 2. The number of benzene rings is 2. The number of carbonyl (C=O) groups excluding carboxylic acids is 1. The quantitative estimate of drug-likeness (QED) is 0.375. The van der Waals surface area contributed by atoms with Crippen molar-refractivity contribution < 1.29 is 14.3 Å². The summed E-state index contributed by atoms with van der Waals surface area (Å²) >= 11 is 0. The van der Waals surface area contributed by atoms with Crippen LogP contribution in [0.4, 0.5) is 0 Å². The standard InChI is InChI=1S/C20H26N4O3/c1-21-19(25)16-6-4-5-15(13-16)14-24-20(22-2)23-11-12-27-18-9-7-17(26-3)8-10-18/h4-10,13H,11-12,14H2,1-3H3,(H,21,25)(H2,22,23,24). The second-order valence-electron chi connectivity index (χ2n) is 5.66. The van der Waals surface area contributed by atoms with Gasteiger partial charge in [-0.05, 0) is 42.0 Å². The van der Waals surface area contributed by atoms with E-state index < -0.39 is 0 Å². The van der Waals surface area contributed by atoms with Gasteiger partial charge in [-0.1, -0.05) is 12.1 Å². The highest BCUT2D eigenvalue weighted by atomic mass is 16.5. The average molecular weight is 370 g/mol. The van der Waals surface area contributed by atoms with Gasteiger partial charge in [-0.25, -0.2) is 0 Å². The van der Waals surface area contributed by atoms with E-state index in [-0.39, 0.29) is 5.91 Å². The van der Waals surface area contributed by atoms with E-state index in [1.165, 1.54) is 0 Å². The van der Waals surface area contributed by atoms with E-state index in [1.807, 2.05) is 42.5 Å². The lowest BCUT2D eigenvalue weighted by atomic mass is 10.1. The monoisotopic (exact) mass is 370 g/mol. The van der Waals surface area contributed by atoms with Gasteiger partial charge in [-0.15, -0.1) is 0 Å². The van der Waals surface area contributed by atoms with Crippen LogP contribution in [-0.4, -0.2) is 46.2 Å². The minimum absolute atomic E-state index is 0.102. The van der Waals surface area contributed by atoms with E-state index in [0.29, 0.717) is 31.2 Å². The molecule has 7 heteroatoms. The zero-order chi connectivity index (χ0) is 19.5. The highest BCUT2D eigenvalue weighted by Gasteiger charge is 2.04. The third kappa shape index (κ3) is 6.54. The molecular formula is C20H26N4O3. The van der Waals surface area contributed by atoms with Gasteiger partial charge in [0, 0.05) is 26.2 Å². The van der Waals surface area contributed by atoms with E-state index in [1.54, 1.807) is 27.3 Å². The molecule has 0 aliphatic carbocycles. The molecule has 0 heterocycles. The van der Waals surface area contributed by atoms with Crippen molar-refractivity contribution >= 4 is 11.9 Å². The van der Waals surface area contributed by atoms with Crippen LogP contribution in [0.2, 0.25) is 0 Å². The Balaban J connectivity index is 1.75. The minimum atomic E-state index is -0.102. The van der Waals surface area contributed by atoms with Gasteiger partial charge in [0.05, 0.1) is 13.7 Å². The number of hydrogen-bond acceptors (Lipinski definition) is 4. The Morgan fingerprint density at radius 1 is 1.07 bits per heavy atom. The molecule has 0 radical (unpaired) electrons. The second-order valence-corrected chi connectivity index (χ2v) is 5.66. The topological polar surface area (TPSA) is 84.0 Å². The summed E-state index contributed by atoms with van der Waals surface area (Å²) in [5.74, 6) is 2.14. The normalized spacial score (nSPS) is 10.9. The Kier molecular flexibility index (Phi) is 7.96. The summed E-state index contributed by atoms with van der Waals surface area (Å²) in [5.41, 5.74) is 1.63. The Hall–Kier alpha value is -3.22. The molecule has 0 spiro atoms. The van der Waals surface area contributed by atoms with Crippen molar-refractivity contribution in [1.82, 2.24) is 16.0 Å². The minimum Gasteiger partial charge on any atom is -0.497 e. The van der Waals surface area contributed by atoms with Crippen molar-refractivity contribution in [2.24, 2.45) is 4.99 Å². The molecule has 0 atom stereocenters. The summed E-state index contributed by atoms with van der Waals surface area (Å²) in [7, 11) is 4.96. The van der Waals surface area contributed by atoms with Gasteiger partial charge in [0.25, 0.3) is 5.91 Å². The summed E-state index contributed by atoms with van der Waals surface area (Å²) in [5, 5.41) is 9.03. The molecule has 0 unspecified atom stereocenters. The van der Waals surface area contributed by atoms with Crippen molar-refractivity contribution in [2.45, 2.75) is 6.54 Å². The number of carbonyl (C=O) groups is 1.